The standard InChI is InChI=1S/C17H17ClO5/c1-11(22-13-9-7-12(18)8-10-13)17(19)23-16-14(20-2)5-4-6-15(16)21-3/h4-11H,1-3H3/t11-/m0/s1. The number of para-hydroxylation sites is 1. The number of halogens is 1. The van der Waals surface area contributed by atoms with Gasteiger partial charge in [0.1, 0.15) is 5.75 Å². The van der Waals surface area contributed by atoms with Crippen molar-refractivity contribution in [2.45, 2.75) is 13.0 Å². The molecule has 122 valence electrons. The molecule has 0 saturated carbocycles. The first-order valence-corrected chi connectivity index (χ1v) is 7.28. The van der Waals surface area contributed by atoms with Crippen molar-refractivity contribution in [3.63, 3.8) is 0 Å². The van der Waals surface area contributed by atoms with Crippen LogP contribution >= 0.6 is 11.6 Å². The van der Waals surface area contributed by atoms with Gasteiger partial charge in [0.05, 0.1) is 14.2 Å². The number of hydrogen-bond donors (Lipinski definition) is 0. The SMILES string of the molecule is COc1cccc(OC)c1OC(=O)[C@H](C)Oc1ccc(Cl)cc1. The lowest BCUT2D eigenvalue weighted by Gasteiger charge is -2.16. The van der Waals surface area contributed by atoms with E-state index in [1.54, 1.807) is 49.4 Å². The quantitative estimate of drug-likeness (QED) is 0.594. The molecule has 0 unspecified atom stereocenters. The van der Waals surface area contributed by atoms with Gasteiger partial charge in [0.25, 0.3) is 0 Å². The molecule has 0 fully saturated rings. The van der Waals surface area contributed by atoms with Gasteiger partial charge in [-0.1, -0.05) is 17.7 Å². The Kier molecular flexibility index (Phi) is 5.71. The molecule has 5 nitrogen and oxygen atoms in total. The summed E-state index contributed by atoms with van der Waals surface area (Å²) in [6, 6.07) is 11.8. The van der Waals surface area contributed by atoms with Crippen LogP contribution in [0.1, 0.15) is 6.92 Å². The summed E-state index contributed by atoms with van der Waals surface area (Å²) in [6.45, 7) is 1.60. The summed E-state index contributed by atoms with van der Waals surface area (Å²) in [5, 5.41) is 0.589. The lowest BCUT2D eigenvalue weighted by molar-refractivity contribution is -0.141. The summed E-state index contributed by atoms with van der Waals surface area (Å²) in [7, 11) is 2.97. The van der Waals surface area contributed by atoms with Crippen molar-refractivity contribution < 1.29 is 23.7 Å². The third kappa shape index (κ3) is 4.29. The molecule has 0 aliphatic rings. The molecule has 0 aliphatic heterocycles. The van der Waals surface area contributed by atoms with Gasteiger partial charge in [-0.3, -0.25) is 0 Å². The third-order valence-electron chi connectivity index (χ3n) is 3.04. The number of carbonyl (C=O) groups excluding carboxylic acids is 1. The predicted molar refractivity (Wildman–Crippen MR) is 86.7 cm³/mol. The zero-order valence-corrected chi connectivity index (χ0v) is 13.8. The highest BCUT2D eigenvalue weighted by Crippen LogP contribution is 2.37. The van der Waals surface area contributed by atoms with Crippen LogP contribution in [0.3, 0.4) is 0 Å². The van der Waals surface area contributed by atoms with E-state index in [1.807, 2.05) is 0 Å². The number of hydrogen-bond acceptors (Lipinski definition) is 5. The number of carbonyl (C=O) groups is 1. The molecule has 0 aliphatic carbocycles. The molecule has 2 aromatic rings. The number of methoxy groups -OCH3 is 2. The van der Waals surface area contributed by atoms with Gasteiger partial charge in [-0.15, -0.1) is 0 Å². The van der Waals surface area contributed by atoms with Crippen LogP contribution in [0.5, 0.6) is 23.0 Å². The smallest absolute Gasteiger partial charge is 0.352 e. The summed E-state index contributed by atoms with van der Waals surface area (Å²) in [5.41, 5.74) is 0. The van der Waals surface area contributed by atoms with Crippen molar-refractivity contribution in [3.8, 4) is 23.0 Å². The molecule has 0 heterocycles. The Morgan fingerprint density at radius 1 is 1.00 bits per heavy atom. The highest BCUT2D eigenvalue weighted by atomic mass is 35.5. The fourth-order valence-corrected chi connectivity index (χ4v) is 1.99. The van der Waals surface area contributed by atoms with Crippen molar-refractivity contribution in [2.75, 3.05) is 14.2 Å². The molecule has 0 spiro atoms. The monoisotopic (exact) mass is 336 g/mol. The van der Waals surface area contributed by atoms with E-state index < -0.39 is 12.1 Å². The van der Waals surface area contributed by atoms with Gasteiger partial charge in [-0.2, -0.15) is 0 Å². The molecule has 0 aromatic heterocycles. The fourth-order valence-electron chi connectivity index (χ4n) is 1.87. The number of ether oxygens (including phenoxy) is 4. The second-order valence-electron chi connectivity index (χ2n) is 4.63. The van der Waals surface area contributed by atoms with Crippen molar-refractivity contribution in [2.24, 2.45) is 0 Å². The Labute approximate surface area is 139 Å². The maximum absolute atomic E-state index is 12.2. The normalized spacial score (nSPS) is 11.5. The molecule has 23 heavy (non-hydrogen) atoms. The van der Waals surface area contributed by atoms with E-state index in [0.29, 0.717) is 22.3 Å². The Morgan fingerprint density at radius 3 is 2.09 bits per heavy atom. The van der Waals surface area contributed by atoms with Crippen LogP contribution in [0.2, 0.25) is 5.02 Å². The van der Waals surface area contributed by atoms with Gasteiger partial charge < -0.3 is 18.9 Å². The molecule has 0 radical (unpaired) electrons. The molecule has 0 N–H and O–H groups in total. The van der Waals surface area contributed by atoms with E-state index in [4.69, 9.17) is 30.5 Å². The summed E-state index contributed by atoms with van der Waals surface area (Å²) < 4.78 is 21.3. The second kappa shape index (κ2) is 7.74. The summed E-state index contributed by atoms with van der Waals surface area (Å²) in [6.07, 6.45) is -0.814. The average molecular weight is 337 g/mol. The highest BCUT2D eigenvalue weighted by molar-refractivity contribution is 6.30. The molecular weight excluding hydrogens is 320 g/mol. The van der Waals surface area contributed by atoms with Crippen molar-refractivity contribution in [1.82, 2.24) is 0 Å². The largest absolute Gasteiger partial charge is 0.493 e. The maximum Gasteiger partial charge on any atom is 0.352 e. The van der Waals surface area contributed by atoms with Crippen LogP contribution in [0, 0.1) is 0 Å². The van der Waals surface area contributed by atoms with Gasteiger partial charge >= 0.3 is 5.97 Å². The highest BCUT2D eigenvalue weighted by Gasteiger charge is 2.21. The molecule has 0 saturated heterocycles. The number of rotatable bonds is 6. The minimum Gasteiger partial charge on any atom is -0.493 e. The topological polar surface area (TPSA) is 54.0 Å². The molecule has 2 aromatic carbocycles. The van der Waals surface area contributed by atoms with Crippen LogP contribution < -0.4 is 18.9 Å². The second-order valence-corrected chi connectivity index (χ2v) is 5.06. The molecule has 2 rings (SSSR count). The van der Waals surface area contributed by atoms with E-state index in [2.05, 4.69) is 0 Å². The number of esters is 1. The summed E-state index contributed by atoms with van der Waals surface area (Å²) in [5.74, 6) is 0.968. The molecule has 1 atom stereocenters. The summed E-state index contributed by atoms with van der Waals surface area (Å²) >= 11 is 5.81. The van der Waals surface area contributed by atoms with Crippen molar-refractivity contribution in [1.29, 1.82) is 0 Å². The van der Waals surface area contributed by atoms with Crippen LogP contribution in [-0.2, 0) is 4.79 Å². The van der Waals surface area contributed by atoms with Gasteiger partial charge in [-0.25, -0.2) is 4.79 Å². The van der Waals surface area contributed by atoms with Crippen LogP contribution in [-0.4, -0.2) is 26.3 Å². The Bertz CT molecular complexity index is 647. The lowest BCUT2D eigenvalue weighted by atomic mass is 10.3. The Morgan fingerprint density at radius 2 is 1.57 bits per heavy atom. The first kappa shape index (κ1) is 17.0. The predicted octanol–water partition coefficient (Wildman–Crippen LogP) is 3.73. The van der Waals surface area contributed by atoms with Gasteiger partial charge in [0.15, 0.2) is 17.6 Å². The zero-order valence-electron chi connectivity index (χ0n) is 13.0. The van der Waals surface area contributed by atoms with Crippen molar-refractivity contribution >= 4 is 17.6 Å². The number of benzene rings is 2. The van der Waals surface area contributed by atoms with Crippen LogP contribution in [0.25, 0.3) is 0 Å². The van der Waals surface area contributed by atoms with Crippen molar-refractivity contribution in [3.05, 3.63) is 47.5 Å². The first-order chi connectivity index (χ1) is 11.0. The molecule has 6 heteroatoms. The fraction of sp³-hybridized carbons (Fsp3) is 0.235. The van der Waals surface area contributed by atoms with Gasteiger partial charge in [0, 0.05) is 5.02 Å². The minimum atomic E-state index is -0.814. The minimum absolute atomic E-state index is 0.217. The molecule has 0 amide bonds. The van der Waals surface area contributed by atoms with Crippen LogP contribution in [0.4, 0.5) is 0 Å². The van der Waals surface area contributed by atoms with E-state index in [1.165, 1.54) is 14.2 Å². The van der Waals surface area contributed by atoms with E-state index in [0.717, 1.165) is 0 Å². The molecule has 0 bridgehead atoms. The van der Waals surface area contributed by atoms with Gasteiger partial charge in [-0.05, 0) is 43.3 Å². The van der Waals surface area contributed by atoms with E-state index in [9.17, 15) is 4.79 Å². The first-order valence-electron chi connectivity index (χ1n) is 6.90. The van der Waals surface area contributed by atoms with Gasteiger partial charge in [0.2, 0.25) is 5.75 Å². The van der Waals surface area contributed by atoms with Crippen LogP contribution in [0.15, 0.2) is 42.5 Å². The summed E-state index contributed by atoms with van der Waals surface area (Å²) in [4.78, 5) is 12.2. The lowest BCUT2D eigenvalue weighted by Crippen LogP contribution is -2.28. The van der Waals surface area contributed by atoms with E-state index >= 15 is 0 Å². The maximum atomic E-state index is 12.2. The zero-order chi connectivity index (χ0) is 16.8. The average Bonchev–Trinajstić information content (AvgIpc) is 2.56. The Hall–Kier alpha value is -2.40. The molecular formula is C17H17ClO5. The van der Waals surface area contributed by atoms with E-state index in [-0.39, 0.29) is 5.75 Å². The Balaban J connectivity index is 2.10. The third-order valence-corrected chi connectivity index (χ3v) is 3.30.